The summed E-state index contributed by atoms with van der Waals surface area (Å²) in [4.78, 5) is 78.8. The number of nitrogens with one attached hydrogen (secondary N) is 5. The SMILES string of the molecule is CC[C@@H]1NC(=O)[C@H](CCCN=C(N)N)NC(=O)[C@](C)(NC(=O)C(C)C)CCNC(=O)[C@@H](c2ccccc2)NC1=O.O=C(O)C(F)(F)F. The Morgan fingerprint density at radius 1 is 1.02 bits per heavy atom. The van der Waals surface area contributed by atoms with E-state index in [9.17, 15) is 37.1 Å². The summed E-state index contributed by atoms with van der Waals surface area (Å²) in [6.07, 6.45) is -4.29. The Balaban J connectivity index is 0.00000141. The molecule has 0 radical (unpaired) electrons. The zero-order valence-electron chi connectivity index (χ0n) is 26.6. The zero-order valence-corrected chi connectivity index (χ0v) is 26.6. The standard InChI is InChI=1S/C27H42N8O5.C2HF3O2/c1-5-18-22(37)34-20(17-10-7-6-8-11-17)24(39)30-15-13-27(4,35-21(36)16(2)3)25(40)33-19(23(38)32-18)12-9-14-31-26(28)29;3-2(4,5)1(6)7/h6-8,10-11,16,18-20H,5,9,12-15H2,1-4H3,(H,30,39)(H,32,38)(H,33,40)(H,34,37)(H,35,36)(H4,28,29,31);(H,6,7)/t18-,19-,20+,27+;/m0./s1. The second-order valence-corrected chi connectivity index (χ2v) is 11.1. The van der Waals surface area contributed by atoms with Gasteiger partial charge in [-0.15, -0.1) is 0 Å². The van der Waals surface area contributed by atoms with E-state index in [2.05, 4.69) is 31.6 Å². The van der Waals surface area contributed by atoms with Gasteiger partial charge in [0, 0.05) is 19.0 Å². The maximum Gasteiger partial charge on any atom is 0.490 e. The van der Waals surface area contributed by atoms with Crippen LogP contribution in [0.4, 0.5) is 13.2 Å². The van der Waals surface area contributed by atoms with Crippen LogP contribution in [0.25, 0.3) is 0 Å². The van der Waals surface area contributed by atoms with Crippen LogP contribution in [-0.2, 0) is 28.8 Å². The van der Waals surface area contributed by atoms with E-state index in [0.717, 1.165) is 0 Å². The first kappa shape index (κ1) is 40.1. The maximum absolute atomic E-state index is 13.6. The summed E-state index contributed by atoms with van der Waals surface area (Å²) in [7, 11) is 0. The minimum Gasteiger partial charge on any atom is -0.475 e. The van der Waals surface area contributed by atoms with E-state index in [1.807, 2.05) is 0 Å². The highest BCUT2D eigenvalue weighted by molar-refractivity contribution is 5.97. The van der Waals surface area contributed by atoms with Crippen molar-refractivity contribution in [1.29, 1.82) is 0 Å². The molecular formula is C29H43F3N8O7. The first-order valence-electron chi connectivity index (χ1n) is 14.7. The number of halogens is 3. The zero-order chi connectivity index (χ0) is 35.9. The number of aliphatic imine (C=N–C) groups is 1. The summed E-state index contributed by atoms with van der Waals surface area (Å²) in [5.74, 6) is -5.85. The summed E-state index contributed by atoms with van der Waals surface area (Å²) in [6.45, 7) is 6.89. The molecule has 0 unspecified atom stereocenters. The first-order valence-corrected chi connectivity index (χ1v) is 14.7. The van der Waals surface area contributed by atoms with E-state index in [1.54, 1.807) is 58.0 Å². The lowest BCUT2D eigenvalue weighted by Crippen LogP contribution is -2.63. The van der Waals surface area contributed by atoms with Crippen LogP contribution in [0.2, 0.25) is 0 Å². The van der Waals surface area contributed by atoms with Crippen LogP contribution >= 0.6 is 0 Å². The maximum atomic E-state index is 13.6. The number of carbonyl (C=O) groups is 6. The Morgan fingerprint density at radius 3 is 2.11 bits per heavy atom. The van der Waals surface area contributed by atoms with Crippen molar-refractivity contribution >= 4 is 41.5 Å². The monoisotopic (exact) mass is 672 g/mol. The Hall–Kier alpha value is -4.90. The third-order valence-electron chi connectivity index (χ3n) is 6.88. The van der Waals surface area contributed by atoms with Crippen molar-refractivity contribution in [2.45, 2.75) is 83.2 Å². The Bertz CT molecular complexity index is 1290. The highest BCUT2D eigenvalue weighted by Gasteiger charge is 2.39. The molecule has 0 spiro atoms. The molecule has 5 amide bonds. The second kappa shape index (κ2) is 18.3. The van der Waals surface area contributed by atoms with Gasteiger partial charge in [-0.25, -0.2) is 4.79 Å². The molecule has 1 fully saturated rings. The van der Waals surface area contributed by atoms with Crippen molar-refractivity contribution in [1.82, 2.24) is 26.6 Å². The molecule has 47 heavy (non-hydrogen) atoms. The van der Waals surface area contributed by atoms with Gasteiger partial charge in [0.05, 0.1) is 0 Å². The molecule has 0 saturated carbocycles. The molecule has 262 valence electrons. The van der Waals surface area contributed by atoms with Gasteiger partial charge < -0.3 is 43.2 Å². The molecule has 1 saturated heterocycles. The van der Waals surface area contributed by atoms with Crippen LogP contribution in [-0.4, -0.2) is 83.5 Å². The number of carbonyl (C=O) groups excluding carboxylic acids is 5. The van der Waals surface area contributed by atoms with Crippen molar-refractivity contribution in [3.63, 3.8) is 0 Å². The summed E-state index contributed by atoms with van der Waals surface area (Å²) < 4.78 is 31.7. The van der Waals surface area contributed by atoms with Gasteiger partial charge in [0.15, 0.2) is 5.96 Å². The third-order valence-corrected chi connectivity index (χ3v) is 6.88. The number of nitrogens with two attached hydrogens (primary N) is 2. The summed E-state index contributed by atoms with van der Waals surface area (Å²) in [6, 6.07) is 5.64. The summed E-state index contributed by atoms with van der Waals surface area (Å²) in [5.41, 5.74) is 9.88. The Morgan fingerprint density at radius 2 is 1.60 bits per heavy atom. The predicted molar refractivity (Wildman–Crippen MR) is 164 cm³/mol. The number of nitrogens with zero attached hydrogens (tertiary/aromatic N) is 1. The van der Waals surface area contributed by atoms with Gasteiger partial charge in [-0.05, 0) is 38.2 Å². The number of aliphatic carboxylic acids is 1. The van der Waals surface area contributed by atoms with Crippen LogP contribution in [0.3, 0.4) is 0 Å². The fourth-order valence-corrected chi connectivity index (χ4v) is 4.09. The smallest absolute Gasteiger partial charge is 0.475 e. The molecule has 0 aliphatic carbocycles. The van der Waals surface area contributed by atoms with Gasteiger partial charge >= 0.3 is 12.1 Å². The van der Waals surface area contributed by atoms with Gasteiger partial charge in [0.2, 0.25) is 29.5 Å². The molecule has 1 aromatic rings. The molecule has 0 aromatic heterocycles. The van der Waals surface area contributed by atoms with E-state index >= 15 is 0 Å². The average molecular weight is 673 g/mol. The fourth-order valence-electron chi connectivity index (χ4n) is 4.09. The van der Waals surface area contributed by atoms with Gasteiger partial charge in [0.1, 0.15) is 23.7 Å². The molecule has 1 aliphatic heterocycles. The molecule has 15 nitrogen and oxygen atoms in total. The van der Waals surface area contributed by atoms with E-state index in [-0.39, 0.29) is 44.2 Å². The van der Waals surface area contributed by atoms with Crippen LogP contribution in [0.5, 0.6) is 0 Å². The number of hydrogen-bond donors (Lipinski definition) is 8. The Kier molecular flexibility index (Phi) is 15.6. The van der Waals surface area contributed by atoms with Crippen molar-refractivity contribution < 1.29 is 47.0 Å². The lowest BCUT2D eigenvalue weighted by molar-refractivity contribution is -0.192. The van der Waals surface area contributed by atoms with Crippen LogP contribution in [0.15, 0.2) is 35.3 Å². The third kappa shape index (κ3) is 13.5. The van der Waals surface area contributed by atoms with Gasteiger partial charge in [-0.3, -0.25) is 29.0 Å². The summed E-state index contributed by atoms with van der Waals surface area (Å²) in [5, 5.41) is 20.8. The highest BCUT2D eigenvalue weighted by Crippen LogP contribution is 2.17. The first-order chi connectivity index (χ1) is 21.8. The molecule has 1 aliphatic rings. The second-order valence-electron chi connectivity index (χ2n) is 11.1. The largest absolute Gasteiger partial charge is 0.490 e. The van der Waals surface area contributed by atoms with Crippen LogP contribution in [0, 0.1) is 5.92 Å². The number of benzene rings is 1. The molecular weight excluding hydrogens is 629 g/mol. The lowest BCUT2D eigenvalue weighted by Gasteiger charge is -2.33. The van der Waals surface area contributed by atoms with E-state index in [4.69, 9.17) is 21.4 Å². The topological polar surface area (TPSA) is 247 Å². The van der Waals surface area contributed by atoms with Gasteiger partial charge in [0.25, 0.3) is 0 Å². The number of hydrogen-bond acceptors (Lipinski definition) is 7. The molecule has 1 heterocycles. The highest BCUT2D eigenvalue weighted by atomic mass is 19.4. The molecule has 0 bridgehead atoms. The number of amides is 5. The number of guanidine groups is 1. The van der Waals surface area contributed by atoms with Crippen molar-refractivity contribution in [3.05, 3.63) is 35.9 Å². The van der Waals surface area contributed by atoms with E-state index < -0.39 is 65.4 Å². The average Bonchev–Trinajstić information content (AvgIpc) is 2.99. The summed E-state index contributed by atoms with van der Waals surface area (Å²) >= 11 is 0. The van der Waals surface area contributed by atoms with Crippen LogP contribution in [0.1, 0.15) is 65.0 Å². The minimum atomic E-state index is -5.08. The van der Waals surface area contributed by atoms with Crippen molar-refractivity contribution in [2.24, 2.45) is 22.4 Å². The van der Waals surface area contributed by atoms with E-state index in [1.165, 1.54) is 0 Å². The number of rotatable bonds is 8. The normalized spacial score (nSPS) is 22.6. The molecule has 1 aromatic carbocycles. The number of carboxylic acid groups (broad SMARTS) is 1. The van der Waals surface area contributed by atoms with Crippen molar-refractivity contribution in [3.8, 4) is 0 Å². The van der Waals surface area contributed by atoms with Gasteiger partial charge in [-0.1, -0.05) is 51.1 Å². The molecule has 10 N–H and O–H groups in total. The lowest BCUT2D eigenvalue weighted by atomic mass is 9.94. The molecule has 4 atom stereocenters. The minimum absolute atomic E-state index is 0.0128. The quantitative estimate of drug-likeness (QED) is 0.105. The predicted octanol–water partition coefficient (Wildman–Crippen LogP) is -0.0388. The van der Waals surface area contributed by atoms with Crippen molar-refractivity contribution in [2.75, 3.05) is 13.1 Å². The van der Waals surface area contributed by atoms with Crippen LogP contribution < -0.4 is 38.1 Å². The Labute approximate surface area is 269 Å². The molecule has 2 rings (SSSR count). The molecule has 18 heteroatoms. The number of carboxylic acids is 1. The number of alkyl halides is 3. The fraction of sp³-hybridized carbons (Fsp3) is 0.552. The van der Waals surface area contributed by atoms with E-state index in [0.29, 0.717) is 12.0 Å². The van der Waals surface area contributed by atoms with Gasteiger partial charge in [-0.2, -0.15) is 13.2 Å².